The summed E-state index contributed by atoms with van der Waals surface area (Å²) in [4.78, 5) is 25.8. The highest BCUT2D eigenvalue weighted by molar-refractivity contribution is 5.99. The fourth-order valence-corrected chi connectivity index (χ4v) is 1.97. The lowest BCUT2D eigenvalue weighted by atomic mass is 10.0. The van der Waals surface area contributed by atoms with Crippen LogP contribution in [0.5, 0.6) is 0 Å². The Morgan fingerprint density at radius 3 is 2.60 bits per heavy atom. The largest absolute Gasteiger partial charge is 0.480 e. The van der Waals surface area contributed by atoms with Crippen molar-refractivity contribution in [2.75, 3.05) is 0 Å². The van der Waals surface area contributed by atoms with Crippen LogP contribution in [0.3, 0.4) is 0 Å². The van der Waals surface area contributed by atoms with Gasteiger partial charge in [0, 0.05) is 10.9 Å². The number of amides is 1. The Labute approximate surface area is 114 Å². The smallest absolute Gasteiger partial charge is 0.326 e. The molecule has 1 heterocycles. The van der Waals surface area contributed by atoms with E-state index in [0.717, 1.165) is 0 Å². The molecule has 0 spiro atoms. The summed E-state index contributed by atoms with van der Waals surface area (Å²) < 4.78 is 13.5. The number of benzene rings is 1. The molecule has 3 N–H and O–H groups in total. The van der Waals surface area contributed by atoms with Gasteiger partial charge in [0.25, 0.3) is 5.91 Å². The van der Waals surface area contributed by atoms with Gasteiger partial charge in [-0.2, -0.15) is 0 Å². The average molecular weight is 278 g/mol. The second-order valence-corrected chi connectivity index (χ2v) is 4.92. The minimum absolute atomic E-state index is 0.136. The van der Waals surface area contributed by atoms with E-state index in [1.165, 1.54) is 18.2 Å². The Balaban J connectivity index is 2.27. The summed E-state index contributed by atoms with van der Waals surface area (Å²) in [6, 6.07) is 4.86. The summed E-state index contributed by atoms with van der Waals surface area (Å²) in [5, 5.41) is 11.8. The van der Waals surface area contributed by atoms with Gasteiger partial charge in [-0.05, 0) is 24.1 Å². The van der Waals surface area contributed by atoms with Gasteiger partial charge < -0.3 is 15.4 Å². The number of nitrogens with one attached hydrogen (secondary N) is 2. The monoisotopic (exact) mass is 278 g/mol. The highest BCUT2D eigenvalue weighted by atomic mass is 19.1. The maximum absolute atomic E-state index is 13.5. The van der Waals surface area contributed by atoms with E-state index in [9.17, 15) is 14.0 Å². The summed E-state index contributed by atoms with van der Waals surface area (Å²) >= 11 is 0. The second kappa shape index (κ2) is 5.32. The van der Waals surface area contributed by atoms with Crippen LogP contribution < -0.4 is 5.32 Å². The maximum Gasteiger partial charge on any atom is 0.326 e. The first-order valence-corrected chi connectivity index (χ1v) is 6.21. The van der Waals surface area contributed by atoms with Gasteiger partial charge in [-0.3, -0.25) is 4.79 Å². The molecule has 1 aromatic carbocycles. The molecule has 0 aliphatic rings. The van der Waals surface area contributed by atoms with Crippen molar-refractivity contribution >= 4 is 22.8 Å². The number of aromatic amines is 1. The number of hydrogen-bond acceptors (Lipinski definition) is 2. The van der Waals surface area contributed by atoms with E-state index >= 15 is 0 Å². The number of aromatic nitrogens is 1. The summed E-state index contributed by atoms with van der Waals surface area (Å²) in [7, 11) is 0. The Bertz CT molecular complexity index is 663. The first kappa shape index (κ1) is 14.0. The van der Waals surface area contributed by atoms with Gasteiger partial charge in [0.2, 0.25) is 0 Å². The fourth-order valence-electron chi connectivity index (χ4n) is 1.97. The van der Waals surface area contributed by atoms with Crippen molar-refractivity contribution in [1.82, 2.24) is 10.3 Å². The first-order chi connectivity index (χ1) is 9.40. The third kappa shape index (κ3) is 2.64. The Morgan fingerprint density at radius 2 is 2.05 bits per heavy atom. The first-order valence-electron chi connectivity index (χ1n) is 6.21. The molecule has 6 heteroatoms. The van der Waals surface area contributed by atoms with E-state index in [4.69, 9.17) is 5.11 Å². The normalized spacial score (nSPS) is 12.6. The lowest BCUT2D eigenvalue weighted by Crippen LogP contribution is -2.44. The summed E-state index contributed by atoms with van der Waals surface area (Å²) in [6.07, 6.45) is 0. The minimum atomic E-state index is -1.10. The van der Waals surface area contributed by atoms with Gasteiger partial charge in [-0.25, -0.2) is 9.18 Å². The molecule has 5 nitrogen and oxygen atoms in total. The summed E-state index contributed by atoms with van der Waals surface area (Å²) in [6.45, 7) is 3.40. The Hall–Kier alpha value is -2.37. The van der Waals surface area contributed by atoms with Crippen LogP contribution in [0.2, 0.25) is 0 Å². The highest BCUT2D eigenvalue weighted by Gasteiger charge is 2.24. The molecule has 0 aliphatic heterocycles. The highest BCUT2D eigenvalue weighted by Crippen LogP contribution is 2.18. The molecule has 1 atom stereocenters. The van der Waals surface area contributed by atoms with Gasteiger partial charge in [0.15, 0.2) is 0 Å². The van der Waals surface area contributed by atoms with Gasteiger partial charge in [0.05, 0.1) is 0 Å². The number of halogens is 1. The van der Waals surface area contributed by atoms with Crippen LogP contribution in [0.1, 0.15) is 24.3 Å². The van der Waals surface area contributed by atoms with E-state index in [1.54, 1.807) is 19.9 Å². The lowest BCUT2D eigenvalue weighted by Gasteiger charge is -2.17. The number of fused-ring (bicyclic) bond motifs is 1. The van der Waals surface area contributed by atoms with E-state index in [-0.39, 0.29) is 11.6 Å². The molecule has 0 saturated heterocycles. The van der Waals surface area contributed by atoms with Gasteiger partial charge in [-0.15, -0.1) is 0 Å². The van der Waals surface area contributed by atoms with Crippen molar-refractivity contribution in [2.45, 2.75) is 19.9 Å². The van der Waals surface area contributed by atoms with Gasteiger partial charge in [0.1, 0.15) is 17.6 Å². The lowest BCUT2D eigenvalue weighted by molar-refractivity contribution is -0.140. The maximum atomic E-state index is 13.5. The van der Waals surface area contributed by atoms with Crippen molar-refractivity contribution in [3.05, 3.63) is 35.8 Å². The molecule has 0 aliphatic carbocycles. The number of rotatable bonds is 4. The van der Waals surface area contributed by atoms with Crippen molar-refractivity contribution in [3.63, 3.8) is 0 Å². The number of carbonyl (C=O) groups is 2. The molecule has 1 aromatic heterocycles. The van der Waals surface area contributed by atoms with Crippen molar-refractivity contribution in [1.29, 1.82) is 0 Å². The predicted molar refractivity (Wildman–Crippen MR) is 72.0 cm³/mol. The molecule has 20 heavy (non-hydrogen) atoms. The third-order valence-corrected chi connectivity index (χ3v) is 3.07. The van der Waals surface area contributed by atoms with Crippen LogP contribution in [-0.4, -0.2) is 28.0 Å². The number of hydrogen-bond donors (Lipinski definition) is 3. The fraction of sp³-hybridized carbons (Fsp3) is 0.286. The summed E-state index contributed by atoms with van der Waals surface area (Å²) in [5.41, 5.74) is 0.628. The topological polar surface area (TPSA) is 82.2 Å². The number of H-pyrrole nitrogens is 1. The van der Waals surface area contributed by atoms with Crippen molar-refractivity contribution < 1.29 is 19.1 Å². The molecule has 106 valence electrons. The third-order valence-electron chi connectivity index (χ3n) is 3.07. The average Bonchev–Trinajstić information content (AvgIpc) is 2.80. The molecule has 2 rings (SSSR count). The quantitative estimate of drug-likeness (QED) is 0.801. The second-order valence-electron chi connectivity index (χ2n) is 4.92. The minimum Gasteiger partial charge on any atom is -0.480 e. The molecular formula is C14H15FN2O3. The van der Waals surface area contributed by atoms with Crippen molar-refractivity contribution in [2.24, 2.45) is 5.92 Å². The molecular weight excluding hydrogens is 263 g/mol. The van der Waals surface area contributed by atoms with Crippen LogP contribution in [0.4, 0.5) is 4.39 Å². The predicted octanol–water partition coefficient (Wildman–Crippen LogP) is 2.15. The van der Waals surface area contributed by atoms with E-state index in [0.29, 0.717) is 10.9 Å². The molecule has 0 saturated carbocycles. The number of aliphatic carboxylic acids is 1. The standard InChI is InChI=1S/C14H15FN2O3/c1-7(2)12(14(19)20)17-13(18)11-6-8-9(15)4-3-5-10(8)16-11/h3-7,12,16H,1-2H3,(H,17,18)(H,19,20)/t12-/m1/s1. The molecule has 0 unspecified atom stereocenters. The van der Waals surface area contributed by atoms with Crippen LogP contribution in [-0.2, 0) is 4.79 Å². The van der Waals surface area contributed by atoms with E-state index < -0.39 is 23.7 Å². The zero-order valence-corrected chi connectivity index (χ0v) is 11.1. The molecule has 1 amide bonds. The zero-order chi connectivity index (χ0) is 14.9. The van der Waals surface area contributed by atoms with Crippen LogP contribution in [0.25, 0.3) is 10.9 Å². The van der Waals surface area contributed by atoms with Crippen LogP contribution in [0, 0.1) is 11.7 Å². The molecule has 0 radical (unpaired) electrons. The molecule has 0 fully saturated rings. The molecule has 0 bridgehead atoms. The van der Waals surface area contributed by atoms with Gasteiger partial charge >= 0.3 is 5.97 Å². The molecule has 2 aromatic rings. The SMILES string of the molecule is CC(C)[C@@H](NC(=O)c1cc2c(F)cccc2[nH]1)C(=O)O. The van der Waals surface area contributed by atoms with E-state index in [1.807, 2.05) is 0 Å². The number of carbonyl (C=O) groups excluding carboxylic acids is 1. The van der Waals surface area contributed by atoms with Gasteiger partial charge in [-0.1, -0.05) is 19.9 Å². The Kier molecular flexibility index (Phi) is 3.74. The van der Waals surface area contributed by atoms with Crippen LogP contribution >= 0.6 is 0 Å². The van der Waals surface area contributed by atoms with Crippen LogP contribution in [0.15, 0.2) is 24.3 Å². The van der Waals surface area contributed by atoms with E-state index in [2.05, 4.69) is 10.3 Å². The number of carboxylic acid groups (broad SMARTS) is 1. The zero-order valence-electron chi connectivity index (χ0n) is 11.1. The summed E-state index contributed by atoms with van der Waals surface area (Å²) in [5.74, 6) is -2.36. The Morgan fingerprint density at radius 1 is 1.35 bits per heavy atom. The number of carboxylic acids is 1. The van der Waals surface area contributed by atoms with Crippen molar-refractivity contribution in [3.8, 4) is 0 Å².